The lowest BCUT2D eigenvalue weighted by Crippen LogP contribution is -2.25. The predicted molar refractivity (Wildman–Crippen MR) is 205 cm³/mol. The molecule has 0 saturated carbocycles. The molecular formula is C41H60N2O6S. The van der Waals surface area contributed by atoms with Crippen LogP contribution < -0.4 is 0 Å². The Hall–Kier alpha value is -3.53. The summed E-state index contributed by atoms with van der Waals surface area (Å²) in [4.78, 5) is 32.3. The molecule has 1 aromatic rings. The highest BCUT2D eigenvalue weighted by atomic mass is 32.1. The minimum atomic E-state index is -0.656. The van der Waals surface area contributed by atoms with Gasteiger partial charge in [-0.05, 0) is 58.3 Å². The van der Waals surface area contributed by atoms with E-state index in [-0.39, 0.29) is 30.0 Å². The number of ether oxygens (including phenoxy) is 4. The minimum absolute atomic E-state index is 0.00573. The molecule has 0 aliphatic carbocycles. The number of esters is 1. The molecule has 8 nitrogen and oxygen atoms in total. The number of carbonyl (C=O) groups is 2. The molecule has 2 heterocycles. The maximum absolute atomic E-state index is 13.5. The number of hydrogen-bond acceptors (Lipinski definition) is 8. The van der Waals surface area contributed by atoms with E-state index in [0.29, 0.717) is 22.7 Å². The third kappa shape index (κ3) is 15.6. The summed E-state index contributed by atoms with van der Waals surface area (Å²) in [6, 6.07) is 0. The van der Waals surface area contributed by atoms with Crippen LogP contribution >= 0.6 is 11.3 Å². The van der Waals surface area contributed by atoms with Gasteiger partial charge < -0.3 is 23.8 Å². The topological polar surface area (TPSA) is 87.2 Å². The lowest BCUT2D eigenvalue weighted by atomic mass is 10.0. The predicted octanol–water partition coefficient (Wildman–Crippen LogP) is 10.1. The third-order valence-corrected chi connectivity index (χ3v) is 9.14. The van der Waals surface area contributed by atoms with Crippen molar-refractivity contribution >= 4 is 23.4 Å². The van der Waals surface area contributed by atoms with Crippen LogP contribution in [-0.4, -0.2) is 62.5 Å². The molecule has 276 valence electrons. The van der Waals surface area contributed by atoms with Crippen molar-refractivity contribution in [3.63, 3.8) is 0 Å². The van der Waals surface area contributed by atoms with E-state index in [1.165, 1.54) is 21.8 Å². The van der Waals surface area contributed by atoms with E-state index in [4.69, 9.17) is 23.9 Å². The Kier molecular flexibility index (Phi) is 19.0. The number of hydrogen-bond donors (Lipinski definition) is 0. The van der Waals surface area contributed by atoms with Crippen molar-refractivity contribution < 1.29 is 28.5 Å². The zero-order valence-corrected chi connectivity index (χ0v) is 32.9. The van der Waals surface area contributed by atoms with Crippen LogP contribution in [0.5, 0.6) is 0 Å². The first-order valence-corrected chi connectivity index (χ1v) is 18.4. The van der Waals surface area contributed by atoms with Gasteiger partial charge in [0, 0.05) is 45.2 Å². The average molecular weight is 709 g/mol. The van der Waals surface area contributed by atoms with E-state index in [1.54, 1.807) is 35.2 Å². The van der Waals surface area contributed by atoms with Gasteiger partial charge in [0.25, 0.3) is 0 Å². The summed E-state index contributed by atoms with van der Waals surface area (Å²) in [5.74, 6) is -0.344. The van der Waals surface area contributed by atoms with E-state index in [9.17, 15) is 9.59 Å². The number of amides is 1. The Morgan fingerprint density at radius 3 is 2.36 bits per heavy atom. The van der Waals surface area contributed by atoms with Gasteiger partial charge in [-0.2, -0.15) is 0 Å². The van der Waals surface area contributed by atoms with Gasteiger partial charge >= 0.3 is 12.1 Å². The molecule has 0 N–H and O–H groups in total. The van der Waals surface area contributed by atoms with Gasteiger partial charge in [-0.3, -0.25) is 0 Å². The Bertz CT molecular complexity index is 1430. The van der Waals surface area contributed by atoms with Gasteiger partial charge in [-0.15, -0.1) is 11.3 Å². The van der Waals surface area contributed by atoms with Crippen LogP contribution in [0.3, 0.4) is 0 Å². The summed E-state index contributed by atoms with van der Waals surface area (Å²) in [6.07, 6.45) is 24.1. The highest BCUT2D eigenvalue weighted by molar-refractivity contribution is 7.09. The van der Waals surface area contributed by atoms with Gasteiger partial charge in [-0.25, -0.2) is 14.6 Å². The van der Waals surface area contributed by atoms with Crippen LogP contribution in [0.4, 0.5) is 4.79 Å². The van der Waals surface area contributed by atoms with E-state index in [1.807, 2.05) is 49.6 Å². The molecule has 1 aliphatic rings. The van der Waals surface area contributed by atoms with Gasteiger partial charge in [-0.1, -0.05) is 106 Å². The van der Waals surface area contributed by atoms with Crippen molar-refractivity contribution in [3.8, 4) is 0 Å². The summed E-state index contributed by atoms with van der Waals surface area (Å²) in [6.45, 7) is 14.1. The molecule has 1 aliphatic heterocycles. The van der Waals surface area contributed by atoms with Crippen LogP contribution in [0.1, 0.15) is 97.1 Å². The summed E-state index contributed by atoms with van der Waals surface area (Å²) in [5, 5.41) is 2.57. The summed E-state index contributed by atoms with van der Waals surface area (Å²) < 4.78 is 23.4. The molecule has 0 spiro atoms. The monoisotopic (exact) mass is 708 g/mol. The zero-order valence-electron chi connectivity index (χ0n) is 32.1. The fraction of sp³-hybridized carbons (Fsp3) is 0.537. The quantitative estimate of drug-likeness (QED) is 0.261. The smallest absolute Gasteiger partial charge is 0.409 e. The zero-order chi connectivity index (χ0) is 37.2. The summed E-state index contributed by atoms with van der Waals surface area (Å²) >= 11 is 1.41. The number of nitrogens with zero attached hydrogens (tertiary/aromatic N) is 2. The fourth-order valence-corrected chi connectivity index (χ4v) is 6.12. The largest absolute Gasteiger partial charge is 0.452 e. The lowest BCUT2D eigenvalue weighted by Gasteiger charge is -2.22. The minimum Gasteiger partial charge on any atom is -0.452 e. The van der Waals surface area contributed by atoms with Gasteiger partial charge in [0.15, 0.2) is 12.2 Å². The first kappa shape index (κ1) is 42.6. The van der Waals surface area contributed by atoms with E-state index in [2.05, 4.69) is 64.2 Å². The van der Waals surface area contributed by atoms with Crippen molar-refractivity contribution in [2.45, 2.75) is 98.6 Å². The van der Waals surface area contributed by atoms with E-state index >= 15 is 0 Å². The molecule has 1 amide bonds. The number of methoxy groups -OCH3 is 2. The van der Waals surface area contributed by atoms with E-state index < -0.39 is 24.3 Å². The molecule has 2 rings (SSSR count). The second kappa shape index (κ2) is 22.3. The first-order chi connectivity index (χ1) is 23.7. The third-order valence-electron chi connectivity index (χ3n) is 8.18. The molecule has 6 atom stereocenters. The fourth-order valence-electron chi connectivity index (χ4n) is 5.23. The van der Waals surface area contributed by atoms with Gasteiger partial charge in [0.1, 0.15) is 5.01 Å². The Labute approximate surface area is 305 Å². The van der Waals surface area contributed by atoms with Crippen LogP contribution in [0.2, 0.25) is 0 Å². The standard InChI is InChI=1S/C41H60N2O6S/c1-28(2)24-37(48-41(45)43(8)9)39-42-36(27-50-39)38-32(6)18-12-13-19-34(46-10)20-14-16-29(3)17-15-21-35(47-11)26-31(5)23-22-30(4)25-33(7)40(44)49-38/h12-13,15-19,22-23,25-28,30,32,34-35,37-38H,14,20-21,24H2,1-11H3/b17-15+,18-12+,19-13?,23-22-,29-16+,31-26+,33-25+/t30-,32+,34?,35?,37+,38?/m1/s1. The highest BCUT2D eigenvalue weighted by Crippen LogP contribution is 2.34. The average Bonchev–Trinajstić information content (AvgIpc) is 3.55. The molecule has 0 saturated heterocycles. The highest BCUT2D eigenvalue weighted by Gasteiger charge is 2.29. The second-order valence-electron chi connectivity index (χ2n) is 13.7. The molecule has 0 fully saturated rings. The van der Waals surface area contributed by atoms with E-state index in [0.717, 1.165) is 24.8 Å². The van der Waals surface area contributed by atoms with Gasteiger partial charge in [0.2, 0.25) is 0 Å². The molecular weight excluding hydrogens is 649 g/mol. The van der Waals surface area contributed by atoms with Crippen LogP contribution in [0.15, 0.2) is 88.9 Å². The van der Waals surface area contributed by atoms with Crippen molar-refractivity contribution in [3.05, 3.63) is 99.6 Å². The van der Waals surface area contributed by atoms with Crippen LogP contribution in [0, 0.1) is 17.8 Å². The Balaban J connectivity index is 2.49. The SMILES string of the molecule is COC1C=C/C=C/[C@H](C)C(c2csc([C@H](CC(C)C)OC(=O)N(C)C)n2)OC(=O)/C(C)=C/[C@H](C)/C=C\C(C)=C\C(OC)C/C=C/C(C)=C/CC1. The second-order valence-corrected chi connectivity index (χ2v) is 14.5. The maximum atomic E-state index is 13.5. The van der Waals surface area contributed by atoms with Crippen LogP contribution in [-0.2, 0) is 23.7 Å². The molecule has 1 aromatic heterocycles. The Morgan fingerprint density at radius 1 is 1.00 bits per heavy atom. The normalized spacial score (nSPS) is 29.2. The van der Waals surface area contributed by atoms with Crippen molar-refractivity contribution in [1.82, 2.24) is 9.88 Å². The molecule has 9 heteroatoms. The maximum Gasteiger partial charge on any atom is 0.409 e. The molecule has 3 unspecified atom stereocenters. The lowest BCUT2D eigenvalue weighted by molar-refractivity contribution is -0.146. The van der Waals surface area contributed by atoms with Crippen molar-refractivity contribution in [1.29, 1.82) is 0 Å². The number of thiazole rings is 1. The Morgan fingerprint density at radius 2 is 1.70 bits per heavy atom. The first-order valence-electron chi connectivity index (χ1n) is 17.6. The van der Waals surface area contributed by atoms with Crippen molar-refractivity contribution in [2.75, 3.05) is 28.3 Å². The van der Waals surface area contributed by atoms with Crippen molar-refractivity contribution in [2.24, 2.45) is 17.8 Å². The summed E-state index contributed by atoms with van der Waals surface area (Å²) in [7, 11) is 6.76. The molecule has 0 aromatic carbocycles. The number of carbonyl (C=O) groups excluding carboxylic acids is 2. The number of rotatable bonds is 7. The van der Waals surface area contributed by atoms with Crippen LogP contribution in [0.25, 0.3) is 0 Å². The molecule has 50 heavy (non-hydrogen) atoms. The number of cyclic esters (lactones) is 1. The summed E-state index contributed by atoms with van der Waals surface area (Å²) in [5.41, 5.74) is 3.42. The number of allylic oxidation sites excluding steroid dienone is 9. The molecule has 0 bridgehead atoms. The number of aromatic nitrogens is 1. The molecule has 0 radical (unpaired) electrons. The van der Waals surface area contributed by atoms with Gasteiger partial charge in [0.05, 0.1) is 17.9 Å².